The van der Waals surface area contributed by atoms with E-state index in [9.17, 15) is 13.0 Å². The third-order valence-corrected chi connectivity index (χ3v) is 6.57. The molecular weight excluding hydrogens is 420 g/mol. The van der Waals surface area contributed by atoms with Gasteiger partial charge in [0.25, 0.3) is 0 Å². The molecule has 0 bridgehead atoms. The van der Waals surface area contributed by atoms with Crippen LogP contribution in [0.1, 0.15) is 45.6 Å². The Kier molecular flexibility index (Phi) is 9.69. The van der Waals surface area contributed by atoms with Gasteiger partial charge in [0.15, 0.2) is 0 Å². The minimum Gasteiger partial charge on any atom is -0.744 e. The van der Waals surface area contributed by atoms with Crippen molar-refractivity contribution in [1.29, 1.82) is 0 Å². The van der Waals surface area contributed by atoms with E-state index in [2.05, 4.69) is 51.1 Å². The first-order chi connectivity index (χ1) is 15.3. The molecule has 0 amide bonds. The number of rotatable bonds is 9. The van der Waals surface area contributed by atoms with E-state index in [1.807, 2.05) is 0 Å². The number of nitrogen functional groups attached to an aromatic ring is 1. The highest BCUT2D eigenvalue weighted by Crippen LogP contribution is 2.28. The molecule has 3 rings (SSSR count). The maximum absolute atomic E-state index is 11.0. The van der Waals surface area contributed by atoms with Crippen LogP contribution in [0.3, 0.4) is 0 Å². The lowest BCUT2D eigenvalue weighted by atomic mass is 10.1. The van der Waals surface area contributed by atoms with E-state index in [1.165, 1.54) is 61.6 Å². The average Bonchev–Trinajstić information content (AvgIpc) is 2.74. The van der Waals surface area contributed by atoms with E-state index in [0.717, 1.165) is 0 Å². The molecule has 0 fully saturated rings. The Hall–Kier alpha value is -2.41. The molecule has 0 unspecified atom stereocenters. The number of nitrogens with two attached hydrogens (primary N) is 1. The van der Waals surface area contributed by atoms with Gasteiger partial charge in [-0.25, -0.2) is 8.42 Å². The van der Waals surface area contributed by atoms with Crippen molar-refractivity contribution >= 4 is 26.6 Å². The fourth-order valence-electron chi connectivity index (χ4n) is 4.51. The SMILES string of the molecule is CCC[N+](CCC)(CCC)Cc1ccccc1.Nc1ccc2ccccc2c1S(=O)(=O)[O-]. The molecule has 2 N–H and O–H groups in total. The Morgan fingerprint density at radius 1 is 0.781 bits per heavy atom. The number of nitrogens with zero attached hydrogens (tertiary/aromatic N) is 1. The fourth-order valence-corrected chi connectivity index (χ4v) is 5.32. The first-order valence-electron chi connectivity index (χ1n) is 11.4. The largest absolute Gasteiger partial charge is 0.744 e. The summed E-state index contributed by atoms with van der Waals surface area (Å²) in [5.41, 5.74) is 6.97. The molecule has 0 radical (unpaired) electrons. The summed E-state index contributed by atoms with van der Waals surface area (Å²) in [4.78, 5) is -0.333. The van der Waals surface area contributed by atoms with Gasteiger partial charge < -0.3 is 14.8 Å². The van der Waals surface area contributed by atoms with E-state index in [4.69, 9.17) is 5.73 Å². The number of fused-ring (bicyclic) bond motifs is 1. The number of quaternary nitrogens is 1. The highest BCUT2D eigenvalue weighted by molar-refractivity contribution is 7.86. The normalized spacial score (nSPS) is 11.8. The van der Waals surface area contributed by atoms with Crippen LogP contribution in [0, 0.1) is 0 Å². The van der Waals surface area contributed by atoms with E-state index in [-0.39, 0.29) is 10.6 Å². The van der Waals surface area contributed by atoms with Crippen molar-refractivity contribution in [2.45, 2.75) is 51.5 Å². The van der Waals surface area contributed by atoms with Gasteiger partial charge >= 0.3 is 0 Å². The summed E-state index contributed by atoms with van der Waals surface area (Å²) in [6.45, 7) is 12.1. The second kappa shape index (κ2) is 12.0. The second-order valence-electron chi connectivity index (χ2n) is 8.32. The van der Waals surface area contributed by atoms with E-state index in [0.29, 0.717) is 10.8 Å². The molecule has 0 heterocycles. The van der Waals surface area contributed by atoms with Gasteiger partial charge in [0.2, 0.25) is 0 Å². The van der Waals surface area contributed by atoms with Crippen molar-refractivity contribution in [1.82, 2.24) is 0 Å². The summed E-state index contributed by atoms with van der Waals surface area (Å²) >= 11 is 0. The third-order valence-electron chi connectivity index (χ3n) is 5.61. The molecule has 0 aromatic heterocycles. The van der Waals surface area contributed by atoms with Crippen molar-refractivity contribution in [3.05, 3.63) is 72.3 Å². The summed E-state index contributed by atoms with van der Waals surface area (Å²) in [5.74, 6) is 0. The molecule has 3 aromatic rings. The van der Waals surface area contributed by atoms with Crippen molar-refractivity contribution < 1.29 is 17.5 Å². The van der Waals surface area contributed by atoms with Gasteiger partial charge in [-0.15, -0.1) is 0 Å². The molecule has 0 atom stereocenters. The number of benzene rings is 3. The molecule has 0 saturated heterocycles. The highest BCUT2D eigenvalue weighted by atomic mass is 32.2. The molecule has 0 aliphatic rings. The van der Waals surface area contributed by atoms with E-state index < -0.39 is 10.1 Å². The van der Waals surface area contributed by atoms with Gasteiger partial charge in [0, 0.05) is 16.6 Å². The van der Waals surface area contributed by atoms with Gasteiger partial charge in [-0.05, 0) is 30.7 Å². The molecule has 0 aliphatic heterocycles. The van der Waals surface area contributed by atoms with Gasteiger partial charge in [0.1, 0.15) is 16.7 Å². The molecule has 3 aromatic carbocycles. The van der Waals surface area contributed by atoms with Crippen molar-refractivity contribution in [3.8, 4) is 0 Å². The second-order valence-corrected chi connectivity index (χ2v) is 9.63. The number of hydrogen-bond acceptors (Lipinski definition) is 4. The van der Waals surface area contributed by atoms with Crippen LogP contribution in [0.5, 0.6) is 0 Å². The first kappa shape index (κ1) is 25.8. The molecule has 0 aliphatic carbocycles. The molecular formula is C26H36N2O3S. The van der Waals surface area contributed by atoms with Crippen LogP contribution in [0.15, 0.2) is 71.6 Å². The van der Waals surface area contributed by atoms with E-state index >= 15 is 0 Å². The Bertz CT molecular complexity index is 1070. The lowest BCUT2D eigenvalue weighted by Gasteiger charge is -2.38. The third kappa shape index (κ3) is 7.05. The molecule has 0 spiro atoms. The van der Waals surface area contributed by atoms with Crippen LogP contribution in [-0.2, 0) is 16.7 Å². The van der Waals surface area contributed by atoms with Crippen LogP contribution < -0.4 is 5.73 Å². The monoisotopic (exact) mass is 456 g/mol. The van der Waals surface area contributed by atoms with Gasteiger partial charge in [-0.3, -0.25) is 0 Å². The number of anilines is 1. The Balaban J connectivity index is 0.000000228. The van der Waals surface area contributed by atoms with Gasteiger partial charge in [-0.2, -0.15) is 0 Å². The van der Waals surface area contributed by atoms with Gasteiger partial charge in [-0.1, -0.05) is 81.4 Å². The minimum atomic E-state index is -4.54. The lowest BCUT2D eigenvalue weighted by molar-refractivity contribution is -0.941. The van der Waals surface area contributed by atoms with Crippen LogP contribution in [0.4, 0.5) is 5.69 Å². The summed E-state index contributed by atoms with van der Waals surface area (Å²) in [6, 6.07) is 20.8. The predicted octanol–water partition coefficient (Wildman–Crippen LogP) is 5.56. The zero-order valence-corrected chi connectivity index (χ0v) is 20.3. The fraction of sp³-hybridized carbons (Fsp3) is 0.385. The smallest absolute Gasteiger partial charge is 0.127 e. The molecule has 0 saturated carbocycles. The first-order valence-corrected chi connectivity index (χ1v) is 12.8. The minimum absolute atomic E-state index is 0.0105. The van der Waals surface area contributed by atoms with Crippen LogP contribution >= 0.6 is 0 Å². The van der Waals surface area contributed by atoms with Crippen molar-refractivity contribution in [2.24, 2.45) is 0 Å². The summed E-state index contributed by atoms with van der Waals surface area (Å²) < 4.78 is 34.4. The molecule has 5 nitrogen and oxygen atoms in total. The van der Waals surface area contributed by atoms with Crippen LogP contribution in [0.2, 0.25) is 0 Å². The standard InChI is InChI=1S/C16H28N.C10H9NO3S/c1-4-12-17(13-5-2,14-6-3)15-16-10-8-7-9-11-16;11-9-6-5-7-3-1-2-4-8(7)10(9)15(12,13)14/h7-11H,4-6,12-15H2,1-3H3;1-6H,11H2,(H,12,13,14)/q+1;/p-1. The van der Waals surface area contributed by atoms with Crippen molar-refractivity contribution in [3.63, 3.8) is 0 Å². The summed E-state index contributed by atoms with van der Waals surface area (Å²) in [6.07, 6.45) is 3.85. The van der Waals surface area contributed by atoms with E-state index in [1.54, 1.807) is 30.3 Å². The maximum Gasteiger partial charge on any atom is 0.127 e. The zero-order chi connectivity index (χ0) is 23.6. The maximum atomic E-state index is 11.0. The summed E-state index contributed by atoms with van der Waals surface area (Å²) in [5, 5.41) is 1.05. The average molecular weight is 457 g/mol. The lowest BCUT2D eigenvalue weighted by Crippen LogP contribution is -2.48. The predicted molar refractivity (Wildman–Crippen MR) is 132 cm³/mol. The number of hydrogen-bond donors (Lipinski definition) is 1. The zero-order valence-electron chi connectivity index (χ0n) is 19.5. The van der Waals surface area contributed by atoms with Crippen LogP contribution in [0.25, 0.3) is 10.8 Å². The summed E-state index contributed by atoms with van der Waals surface area (Å²) in [7, 11) is -4.54. The van der Waals surface area contributed by atoms with Crippen LogP contribution in [-0.4, -0.2) is 37.1 Å². The van der Waals surface area contributed by atoms with Crippen molar-refractivity contribution in [2.75, 3.05) is 25.4 Å². The topological polar surface area (TPSA) is 83.2 Å². The quantitative estimate of drug-likeness (QED) is 0.260. The Labute approximate surface area is 193 Å². The Morgan fingerprint density at radius 3 is 1.84 bits per heavy atom. The Morgan fingerprint density at radius 2 is 1.31 bits per heavy atom. The molecule has 174 valence electrons. The molecule has 6 heteroatoms. The highest BCUT2D eigenvalue weighted by Gasteiger charge is 2.24. The van der Waals surface area contributed by atoms with Gasteiger partial charge in [0.05, 0.1) is 24.5 Å². The molecule has 32 heavy (non-hydrogen) atoms.